The van der Waals surface area contributed by atoms with Crippen LogP contribution < -0.4 is 5.32 Å². The standard InChI is InChI=1S/C12H6BrCl2FN2O2/c13-7-1-5(16)2-8(14)11(7)18-10-3-6(12(19)20)9(15)4-17-10/h1-4H,(H,17,18)(H,19,20). The molecule has 2 N–H and O–H groups in total. The van der Waals surface area contributed by atoms with Gasteiger partial charge >= 0.3 is 5.97 Å². The third kappa shape index (κ3) is 3.20. The van der Waals surface area contributed by atoms with E-state index >= 15 is 0 Å². The minimum Gasteiger partial charge on any atom is -0.478 e. The smallest absolute Gasteiger partial charge is 0.337 e. The van der Waals surface area contributed by atoms with Crippen LogP contribution >= 0.6 is 39.1 Å². The van der Waals surface area contributed by atoms with Crippen molar-refractivity contribution in [3.8, 4) is 0 Å². The first kappa shape index (κ1) is 15.0. The molecule has 0 aliphatic rings. The second-order valence-corrected chi connectivity index (χ2v) is 5.39. The minimum absolute atomic E-state index is 0.0207. The number of nitrogens with one attached hydrogen (secondary N) is 1. The highest BCUT2D eigenvalue weighted by Crippen LogP contribution is 2.34. The van der Waals surface area contributed by atoms with Crippen molar-refractivity contribution in [1.82, 2.24) is 4.98 Å². The Morgan fingerprint density at radius 3 is 2.60 bits per heavy atom. The first-order chi connectivity index (χ1) is 9.38. The lowest BCUT2D eigenvalue weighted by Gasteiger charge is -2.11. The van der Waals surface area contributed by atoms with Crippen LogP contribution in [0.1, 0.15) is 10.4 Å². The summed E-state index contributed by atoms with van der Waals surface area (Å²) in [5.41, 5.74) is 0.276. The largest absolute Gasteiger partial charge is 0.478 e. The van der Waals surface area contributed by atoms with Crippen LogP contribution in [0.25, 0.3) is 0 Å². The van der Waals surface area contributed by atoms with E-state index < -0.39 is 11.8 Å². The molecule has 0 saturated heterocycles. The van der Waals surface area contributed by atoms with Crippen LogP contribution in [0, 0.1) is 5.82 Å². The highest BCUT2D eigenvalue weighted by Gasteiger charge is 2.13. The second-order valence-electron chi connectivity index (χ2n) is 3.72. The molecular weight excluding hydrogens is 374 g/mol. The van der Waals surface area contributed by atoms with Crippen LogP contribution in [0.2, 0.25) is 10.0 Å². The van der Waals surface area contributed by atoms with E-state index in [4.69, 9.17) is 28.3 Å². The molecule has 0 aliphatic carbocycles. The number of rotatable bonds is 3. The van der Waals surface area contributed by atoms with Crippen LogP contribution in [0.4, 0.5) is 15.9 Å². The summed E-state index contributed by atoms with van der Waals surface area (Å²) in [6.45, 7) is 0. The lowest BCUT2D eigenvalue weighted by atomic mass is 10.2. The fraction of sp³-hybridized carbons (Fsp3) is 0. The van der Waals surface area contributed by atoms with Gasteiger partial charge in [-0.1, -0.05) is 23.2 Å². The third-order valence-corrected chi connectivity index (χ3v) is 3.57. The number of benzene rings is 1. The van der Waals surface area contributed by atoms with E-state index in [2.05, 4.69) is 26.2 Å². The van der Waals surface area contributed by atoms with Crippen molar-refractivity contribution in [3.63, 3.8) is 0 Å². The molecule has 20 heavy (non-hydrogen) atoms. The molecule has 1 heterocycles. The number of nitrogens with zero attached hydrogens (tertiary/aromatic N) is 1. The molecule has 1 aromatic carbocycles. The Labute approximate surface area is 131 Å². The zero-order valence-electron chi connectivity index (χ0n) is 9.62. The molecule has 0 fully saturated rings. The van der Waals surface area contributed by atoms with Gasteiger partial charge in [0.15, 0.2) is 0 Å². The maximum absolute atomic E-state index is 13.1. The second kappa shape index (κ2) is 5.95. The van der Waals surface area contributed by atoms with E-state index in [9.17, 15) is 9.18 Å². The monoisotopic (exact) mass is 378 g/mol. The molecule has 0 unspecified atom stereocenters. The molecule has 0 aliphatic heterocycles. The van der Waals surface area contributed by atoms with E-state index in [1.165, 1.54) is 18.3 Å². The number of halogens is 4. The van der Waals surface area contributed by atoms with Crippen LogP contribution in [-0.4, -0.2) is 16.1 Å². The Kier molecular flexibility index (Phi) is 4.47. The first-order valence-electron chi connectivity index (χ1n) is 5.19. The molecule has 1 aromatic heterocycles. The Morgan fingerprint density at radius 1 is 1.30 bits per heavy atom. The molecule has 8 heteroatoms. The van der Waals surface area contributed by atoms with Gasteiger partial charge in [0, 0.05) is 10.7 Å². The molecular formula is C12H6BrCl2FN2O2. The molecule has 0 radical (unpaired) electrons. The number of hydrogen-bond donors (Lipinski definition) is 2. The van der Waals surface area contributed by atoms with Gasteiger partial charge in [-0.05, 0) is 34.1 Å². The van der Waals surface area contributed by atoms with Crippen molar-refractivity contribution < 1.29 is 14.3 Å². The fourth-order valence-corrected chi connectivity index (χ4v) is 2.54. The maximum atomic E-state index is 13.1. The fourth-order valence-electron chi connectivity index (χ4n) is 1.46. The topological polar surface area (TPSA) is 62.2 Å². The van der Waals surface area contributed by atoms with Gasteiger partial charge in [-0.3, -0.25) is 0 Å². The number of carboxylic acids is 1. The summed E-state index contributed by atoms with van der Waals surface area (Å²) >= 11 is 14.8. The van der Waals surface area contributed by atoms with Gasteiger partial charge in [0.05, 0.1) is 21.3 Å². The summed E-state index contributed by atoms with van der Waals surface area (Å²) in [6, 6.07) is 3.61. The Hall–Kier alpha value is -1.37. The van der Waals surface area contributed by atoms with Crippen molar-refractivity contribution in [3.05, 3.63) is 50.3 Å². The third-order valence-electron chi connectivity index (χ3n) is 2.35. The average Bonchev–Trinajstić information content (AvgIpc) is 2.35. The molecule has 4 nitrogen and oxygen atoms in total. The number of carbonyl (C=O) groups is 1. The number of anilines is 2. The van der Waals surface area contributed by atoms with Crippen LogP contribution in [0.3, 0.4) is 0 Å². The van der Waals surface area contributed by atoms with Gasteiger partial charge in [0.2, 0.25) is 0 Å². The zero-order valence-corrected chi connectivity index (χ0v) is 12.7. The number of aromatic nitrogens is 1. The van der Waals surface area contributed by atoms with Gasteiger partial charge in [-0.15, -0.1) is 0 Å². The molecule has 104 valence electrons. The van der Waals surface area contributed by atoms with Crippen molar-refractivity contribution >= 4 is 56.6 Å². The Bertz CT molecular complexity index is 674. The number of hydrogen-bond acceptors (Lipinski definition) is 3. The Morgan fingerprint density at radius 2 is 2.00 bits per heavy atom. The zero-order chi connectivity index (χ0) is 14.9. The summed E-state index contributed by atoms with van der Waals surface area (Å²) in [7, 11) is 0. The molecule has 0 saturated carbocycles. The molecule has 0 atom stereocenters. The van der Waals surface area contributed by atoms with E-state index in [1.54, 1.807) is 0 Å². The number of pyridine rings is 1. The first-order valence-corrected chi connectivity index (χ1v) is 6.74. The number of carboxylic acid groups (broad SMARTS) is 1. The maximum Gasteiger partial charge on any atom is 0.337 e. The van der Waals surface area contributed by atoms with Crippen molar-refractivity contribution in [2.75, 3.05) is 5.32 Å². The quantitative estimate of drug-likeness (QED) is 0.809. The van der Waals surface area contributed by atoms with Gasteiger partial charge in [-0.2, -0.15) is 0 Å². The minimum atomic E-state index is -1.18. The molecule has 0 spiro atoms. The number of aromatic carboxylic acids is 1. The van der Waals surface area contributed by atoms with Crippen LogP contribution in [-0.2, 0) is 0 Å². The van der Waals surface area contributed by atoms with Crippen molar-refractivity contribution in [2.24, 2.45) is 0 Å². The molecule has 2 rings (SSSR count). The van der Waals surface area contributed by atoms with Crippen molar-refractivity contribution in [1.29, 1.82) is 0 Å². The Balaban J connectivity index is 2.41. The van der Waals surface area contributed by atoms with Gasteiger partial charge in [-0.25, -0.2) is 14.2 Å². The SMILES string of the molecule is O=C(O)c1cc(Nc2c(Cl)cc(F)cc2Br)ncc1Cl. The lowest BCUT2D eigenvalue weighted by Crippen LogP contribution is -2.02. The van der Waals surface area contributed by atoms with Crippen molar-refractivity contribution in [2.45, 2.75) is 0 Å². The highest BCUT2D eigenvalue weighted by atomic mass is 79.9. The van der Waals surface area contributed by atoms with Crippen LogP contribution in [0.5, 0.6) is 0 Å². The van der Waals surface area contributed by atoms with E-state index in [-0.39, 0.29) is 21.4 Å². The van der Waals surface area contributed by atoms with Gasteiger partial charge in [0.1, 0.15) is 11.6 Å². The predicted molar refractivity (Wildman–Crippen MR) is 78.6 cm³/mol. The average molecular weight is 380 g/mol. The van der Waals surface area contributed by atoms with Crippen LogP contribution in [0.15, 0.2) is 28.9 Å². The van der Waals surface area contributed by atoms with Gasteiger partial charge in [0.25, 0.3) is 0 Å². The normalized spacial score (nSPS) is 10.4. The lowest BCUT2D eigenvalue weighted by molar-refractivity contribution is 0.0697. The predicted octanol–water partition coefficient (Wildman–Crippen LogP) is 4.73. The van der Waals surface area contributed by atoms with Gasteiger partial charge < -0.3 is 10.4 Å². The molecule has 0 bridgehead atoms. The molecule has 0 amide bonds. The van der Waals surface area contributed by atoms with E-state index in [1.807, 2.05) is 0 Å². The summed E-state index contributed by atoms with van der Waals surface area (Å²) in [6.07, 6.45) is 1.21. The summed E-state index contributed by atoms with van der Waals surface area (Å²) < 4.78 is 13.5. The van der Waals surface area contributed by atoms with E-state index in [0.717, 1.165) is 6.07 Å². The van der Waals surface area contributed by atoms with E-state index in [0.29, 0.717) is 10.2 Å². The molecule has 2 aromatic rings. The highest BCUT2D eigenvalue weighted by molar-refractivity contribution is 9.10. The summed E-state index contributed by atoms with van der Waals surface area (Å²) in [5.74, 6) is -1.45. The summed E-state index contributed by atoms with van der Waals surface area (Å²) in [4.78, 5) is 14.9. The summed E-state index contributed by atoms with van der Waals surface area (Å²) in [5, 5.41) is 11.9.